The number of ether oxygens (including phenoxy) is 2. The molecule has 0 aromatic heterocycles. The van der Waals surface area contributed by atoms with Crippen LogP contribution in [0.3, 0.4) is 0 Å². The normalized spacial score (nSPS) is 16.7. The van der Waals surface area contributed by atoms with Crippen LogP contribution in [-0.4, -0.2) is 48.8 Å². The zero-order valence-electron chi connectivity index (χ0n) is 26.1. The van der Waals surface area contributed by atoms with Crippen molar-refractivity contribution < 1.29 is 23.1 Å². The van der Waals surface area contributed by atoms with Gasteiger partial charge in [-0.3, -0.25) is 0 Å². The fraction of sp³-hybridized carbons (Fsp3) is 0.767. The van der Waals surface area contributed by atoms with Gasteiger partial charge in [-0.2, -0.15) is 0 Å². The van der Waals surface area contributed by atoms with Crippen LogP contribution in [0, 0.1) is 11.8 Å². The largest absolute Gasteiger partial charge is 0.497 e. The fourth-order valence-electron chi connectivity index (χ4n) is 3.80. The molecule has 1 aromatic rings. The Morgan fingerprint density at radius 3 is 1.89 bits per heavy atom. The smallest absolute Gasteiger partial charge is 0.192 e. The molecule has 0 aliphatic rings. The summed E-state index contributed by atoms with van der Waals surface area (Å²) in [6, 6.07) is 7.89. The lowest BCUT2D eigenvalue weighted by molar-refractivity contribution is -0.120. The minimum absolute atomic E-state index is 0.00725. The van der Waals surface area contributed by atoms with Gasteiger partial charge in [0.15, 0.2) is 16.6 Å². The van der Waals surface area contributed by atoms with Crippen molar-refractivity contribution in [2.24, 2.45) is 11.8 Å². The van der Waals surface area contributed by atoms with Crippen LogP contribution in [0.1, 0.15) is 73.8 Å². The van der Waals surface area contributed by atoms with Crippen molar-refractivity contribution in [2.45, 2.75) is 123 Å². The van der Waals surface area contributed by atoms with Crippen LogP contribution in [0.2, 0.25) is 36.3 Å². The molecule has 0 bridgehead atoms. The van der Waals surface area contributed by atoms with Gasteiger partial charge in [-0.15, -0.1) is 0 Å². The van der Waals surface area contributed by atoms with Gasteiger partial charge in [0.05, 0.1) is 25.9 Å². The van der Waals surface area contributed by atoms with Crippen molar-refractivity contribution in [3.63, 3.8) is 0 Å². The minimum Gasteiger partial charge on any atom is -0.497 e. The SMILES string of the molecule is COc1ccc(CO[C@H]([C@@H](C)[C@@H](CCCO[Si](C)(C)C(C)(C)C)O[Si](C)(C)C(C)(C)C)[C@H](C)C=O)cc1. The molecule has 0 fully saturated rings. The molecule has 0 saturated carbocycles. The van der Waals surface area contributed by atoms with Crippen molar-refractivity contribution in [2.75, 3.05) is 13.7 Å². The third kappa shape index (κ3) is 10.2. The highest BCUT2D eigenvalue weighted by molar-refractivity contribution is 6.74. The van der Waals surface area contributed by atoms with Crippen LogP contribution in [0.25, 0.3) is 0 Å². The van der Waals surface area contributed by atoms with Gasteiger partial charge < -0.3 is 23.1 Å². The molecular weight excluding hydrogens is 496 g/mol. The lowest BCUT2D eigenvalue weighted by atomic mass is 9.88. The van der Waals surface area contributed by atoms with E-state index in [-0.39, 0.29) is 34.1 Å². The zero-order valence-corrected chi connectivity index (χ0v) is 28.1. The number of methoxy groups -OCH3 is 1. The molecule has 214 valence electrons. The van der Waals surface area contributed by atoms with Gasteiger partial charge in [0.2, 0.25) is 0 Å². The average Bonchev–Trinajstić information content (AvgIpc) is 2.79. The molecular formula is C30H56O5Si2. The number of benzene rings is 1. The molecule has 0 amide bonds. The van der Waals surface area contributed by atoms with Gasteiger partial charge >= 0.3 is 0 Å². The molecule has 7 heteroatoms. The van der Waals surface area contributed by atoms with Crippen LogP contribution < -0.4 is 4.74 Å². The maximum absolute atomic E-state index is 11.9. The maximum Gasteiger partial charge on any atom is 0.192 e. The second-order valence-corrected chi connectivity index (χ2v) is 23.2. The molecule has 4 atom stereocenters. The molecule has 0 unspecified atom stereocenters. The Kier molecular flexibility index (Phi) is 12.8. The number of carbonyl (C=O) groups excluding carboxylic acids is 1. The monoisotopic (exact) mass is 552 g/mol. The van der Waals surface area contributed by atoms with Crippen molar-refractivity contribution in [3.8, 4) is 5.75 Å². The zero-order chi connectivity index (χ0) is 28.7. The van der Waals surface area contributed by atoms with E-state index < -0.39 is 16.6 Å². The Hall–Kier alpha value is -0.996. The van der Waals surface area contributed by atoms with E-state index in [2.05, 4.69) is 74.7 Å². The lowest BCUT2D eigenvalue weighted by Crippen LogP contribution is -2.48. The molecule has 0 aliphatic heterocycles. The van der Waals surface area contributed by atoms with Gasteiger partial charge in [-0.25, -0.2) is 0 Å². The molecule has 0 heterocycles. The van der Waals surface area contributed by atoms with Gasteiger partial charge in [-0.1, -0.05) is 67.5 Å². The quantitative estimate of drug-likeness (QED) is 0.125. The topological polar surface area (TPSA) is 54.0 Å². The van der Waals surface area contributed by atoms with Crippen LogP contribution in [0.5, 0.6) is 5.75 Å². The molecule has 5 nitrogen and oxygen atoms in total. The summed E-state index contributed by atoms with van der Waals surface area (Å²) in [7, 11) is -2.17. The molecule has 37 heavy (non-hydrogen) atoms. The van der Waals surface area contributed by atoms with E-state index in [1.807, 2.05) is 31.2 Å². The summed E-state index contributed by atoms with van der Waals surface area (Å²) in [6.45, 7) is 28.2. The summed E-state index contributed by atoms with van der Waals surface area (Å²) >= 11 is 0. The Bertz CT molecular complexity index is 809. The van der Waals surface area contributed by atoms with Gasteiger partial charge in [0, 0.05) is 18.4 Å². The highest BCUT2D eigenvalue weighted by Crippen LogP contribution is 2.40. The van der Waals surface area contributed by atoms with E-state index >= 15 is 0 Å². The van der Waals surface area contributed by atoms with Crippen LogP contribution in [0.4, 0.5) is 0 Å². The summed E-state index contributed by atoms with van der Waals surface area (Å²) in [5.74, 6) is 0.639. The molecule has 0 radical (unpaired) electrons. The molecule has 0 N–H and O–H groups in total. The molecule has 1 rings (SSSR count). The number of rotatable bonds is 15. The number of aldehydes is 1. The summed E-state index contributed by atoms with van der Waals surface area (Å²) in [4.78, 5) is 11.9. The van der Waals surface area contributed by atoms with Crippen LogP contribution in [-0.2, 0) is 25.0 Å². The summed E-state index contributed by atoms with van der Waals surface area (Å²) < 4.78 is 25.2. The van der Waals surface area contributed by atoms with E-state index in [0.29, 0.717) is 6.61 Å². The lowest BCUT2D eigenvalue weighted by Gasteiger charge is -2.43. The van der Waals surface area contributed by atoms with E-state index in [0.717, 1.165) is 37.0 Å². The first-order chi connectivity index (χ1) is 16.9. The fourth-order valence-corrected chi connectivity index (χ4v) is 6.33. The Morgan fingerprint density at radius 2 is 1.43 bits per heavy atom. The molecule has 0 spiro atoms. The van der Waals surface area contributed by atoms with Crippen LogP contribution >= 0.6 is 0 Å². The standard InChI is InChI=1S/C30H56O5Si2/c1-23(21-31)28(33-22-25-16-18-26(32-9)19-17-25)24(2)27(35-37(12,13)30(6,7)8)15-14-20-34-36(10,11)29(3,4)5/h16-19,21,23-24,27-28H,14-15,20,22H2,1-13H3/t23-,24+,27-,28+/m1/s1. The maximum atomic E-state index is 11.9. The number of hydrogen-bond acceptors (Lipinski definition) is 5. The van der Waals surface area contributed by atoms with Crippen molar-refractivity contribution in [1.29, 1.82) is 0 Å². The highest BCUT2D eigenvalue weighted by atomic mass is 28.4. The van der Waals surface area contributed by atoms with Crippen molar-refractivity contribution in [1.82, 2.24) is 0 Å². The van der Waals surface area contributed by atoms with E-state index in [9.17, 15) is 4.79 Å². The second-order valence-electron chi connectivity index (χ2n) is 13.6. The predicted octanol–water partition coefficient (Wildman–Crippen LogP) is 8.24. The Morgan fingerprint density at radius 1 is 0.892 bits per heavy atom. The van der Waals surface area contributed by atoms with E-state index in [4.69, 9.17) is 18.3 Å². The summed E-state index contributed by atoms with van der Waals surface area (Å²) in [6.07, 6.45) is 2.58. The van der Waals surface area contributed by atoms with E-state index in [1.54, 1.807) is 7.11 Å². The van der Waals surface area contributed by atoms with E-state index in [1.165, 1.54) is 0 Å². The highest BCUT2D eigenvalue weighted by Gasteiger charge is 2.42. The molecule has 0 aliphatic carbocycles. The molecule has 0 saturated heterocycles. The van der Waals surface area contributed by atoms with Gasteiger partial charge in [0.25, 0.3) is 0 Å². The Labute approximate surface area is 230 Å². The second kappa shape index (κ2) is 13.9. The number of carbonyl (C=O) groups is 1. The predicted molar refractivity (Wildman–Crippen MR) is 160 cm³/mol. The molecule has 1 aromatic carbocycles. The number of hydrogen-bond donors (Lipinski definition) is 0. The first-order valence-corrected chi connectivity index (χ1v) is 19.7. The third-order valence-corrected chi connectivity index (χ3v) is 17.6. The third-order valence-electron chi connectivity index (χ3n) is 8.59. The van der Waals surface area contributed by atoms with Crippen molar-refractivity contribution in [3.05, 3.63) is 29.8 Å². The Balaban J connectivity index is 3.07. The summed E-state index contributed by atoms with van der Waals surface area (Å²) in [5.41, 5.74) is 1.06. The summed E-state index contributed by atoms with van der Waals surface area (Å²) in [5, 5.41) is 0.287. The first-order valence-electron chi connectivity index (χ1n) is 13.9. The minimum atomic E-state index is -2.04. The van der Waals surface area contributed by atoms with Gasteiger partial charge in [-0.05, 0) is 66.8 Å². The van der Waals surface area contributed by atoms with Crippen molar-refractivity contribution >= 4 is 22.9 Å². The first kappa shape index (κ1) is 34.0. The average molecular weight is 553 g/mol. The van der Waals surface area contributed by atoms with Gasteiger partial charge in [0.1, 0.15) is 12.0 Å². The van der Waals surface area contributed by atoms with Crippen LogP contribution in [0.15, 0.2) is 24.3 Å².